The Bertz CT molecular complexity index is 438. The van der Waals surface area contributed by atoms with Gasteiger partial charge >= 0.3 is 8.09 Å². The summed E-state index contributed by atoms with van der Waals surface area (Å²) in [6.45, 7) is 9.24. The van der Waals surface area contributed by atoms with E-state index in [0.29, 0.717) is 19.1 Å². The van der Waals surface area contributed by atoms with Gasteiger partial charge in [-0.05, 0) is 11.5 Å². The predicted molar refractivity (Wildman–Crippen MR) is 79.6 cm³/mol. The minimum absolute atomic E-state index is 0.0784. The molecule has 4 nitrogen and oxygen atoms in total. The van der Waals surface area contributed by atoms with Gasteiger partial charge in [-0.2, -0.15) is 9.05 Å². The van der Waals surface area contributed by atoms with E-state index in [-0.39, 0.29) is 11.5 Å². The predicted octanol–water partition coefficient (Wildman–Crippen LogP) is 2.91. The van der Waals surface area contributed by atoms with Gasteiger partial charge in [0.25, 0.3) is 0 Å². The summed E-state index contributed by atoms with van der Waals surface area (Å²) >= 11 is 0. The molecule has 1 heterocycles. The Hall–Kier alpha value is -0.510. The van der Waals surface area contributed by atoms with Crippen molar-refractivity contribution in [2.24, 2.45) is 11.3 Å². The maximum atomic E-state index is 12.7. The van der Waals surface area contributed by atoms with Crippen LogP contribution in [-0.4, -0.2) is 12.7 Å². The van der Waals surface area contributed by atoms with Gasteiger partial charge in [0.2, 0.25) is 0 Å². The molecule has 1 aliphatic heterocycles. The SMILES string of the molecule is CC(C)[C@H]1O[P+]([O-])(NCc2ccccc2)OCC1(C)C. The third-order valence-corrected chi connectivity index (χ3v) is 5.07. The van der Waals surface area contributed by atoms with Gasteiger partial charge in [-0.3, -0.25) is 0 Å². The molecule has 0 radical (unpaired) electrons. The second-order valence-electron chi connectivity index (χ2n) is 6.35. The maximum absolute atomic E-state index is 12.7. The number of benzene rings is 1. The van der Waals surface area contributed by atoms with Crippen LogP contribution in [0.2, 0.25) is 0 Å². The van der Waals surface area contributed by atoms with E-state index in [1.807, 2.05) is 30.3 Å². The highest BCUT2D eigenvalue weighted by Gasteiger charge is 2.49. The molecule has 1 saturated heterocycles. The van der Waals surface area contributed by atoms with Crippen LogP contribution < -0.4 is 9.98 Å². The fourth-order valence-corrected chi connectivity index (χ4v) is 4.48. The van der Waals surface area contributed by atoms with Gasteiger partial charge in [-0.1, -0.05) is 58.0 Å². The maximum Gasteiger partial charge on any atom is 0.312 e. The van der Waals surface area contributed by atoms with Crippen LogP contribution in [0, 0.1) is 11.3 Å². The first-order chi connectivity index (χ1) is 9.32. The van der Waals surface area contributed by atoms with Gasteiger partial charge in [0.15, 0.2) is 0 Å². The second kappa shape index (κ2) is 6.08. The first-order valence-electron chi connectivity index (χ1n) is 7.04. The van der Waals surface area contributed by atoms with Crippen LogP contribution >= 0.6 is 8.09 Å². The number of nitrogens with one attached hydrogen (secondary N) is 1. The first kappa shape index (κ1) is 15.9. The van der Waals surface area contributed by atoms with Crippen LogP contribution in [0.4, 0.5) is 0 Å². The van der Waals surface area contributed by atoms with Crippen LogP contribution in [0.5, 0.6) is 0 Å². The molecule has 112 valence electrons. The lowest BCUT2D eigenvalue weighted by atomic mass is 9.81. The normalized spacial score (nSPS) is 29.6. The fourth-order valence-electron chi connectivity index (χ4n) is 2.55. The fraction of sp³-hybridized carbons (Fsp3) is 0.600. The molecule has 1 N–H and O–H groups in total. The summed E-state index contributed by atoms with van der Waals surface area (Å²) in [6, 6.07) is 9.82. The number of hydrogen-bond donors (Lipinski definition) is 1. The molecule has 2 atom stereocenters. The van der Waals surface area contributed by atoms with Crippen LogP contribution in [0.25, 0.3) is 0 Å². The summed E-state index contributed by atoms with van der Waals surface area (Å²) in [5.74, 6) is 0.292. The third kappa shape index (κ3) is 3.78. The van der Waals surface area contributed by atoms with Crippen molar-refractivity contribution in [3.8, 4) is 0 Å². The third-order valence-electron chi connectivity index (χ3n) is 3.55. The summed E-state index contributed by atoms with van der Waals surface area (Å²) < 4.78 is 11.3. The summed E-state index contributed by atoms with van der Waals surface area (Å²) in [4.78, 5) is 12.7. The van der Waals surface area contributed by atoms with Crippen LogP contribution in [0.3, 0.4) is 0 Å². The molecule has 1 aliphatic rings. The number of rotatable bonds is 4. The first-order valence-corrected chi connectivity index (χ1v) is 8.59. The van der Waals surface area contributed by atoms with E-state index in [1.165, 1.54) is 0 Å². The molecule has 0 aromatic heterocycles. The zero-order chi connectivity index (χ0) is 14.8. The molecule has 5 heteroatoms. The Morgan fingerprint density at radius 2 is 2.00 bits per heavy atom. The summed E-state index contributed by atoms with van der Waals surface area (Å²) in [6.07, 6.45) is -0.0784. The Morgan fingerprint density at radius 3 is 2.60 bits per heavy atom. The monoisotopic (exact) mass is 297 g/mol. The van der Waals surface area contributed by atoms with E-state index in [4.69, 9.17) is 9.05 Å². The van der Waals surface area contributed by atoms with E-state index >= 15 is 0 Å². The van der Waals surface area contributed by atoms with Crippen molar-refractivity contribution in [2.75, 3.05) is 6.61 Å². The zero-order valence-corrected chi connectivity index (χ0v) is 13.5. The van der Waals surface area contributed by atoms with Crippen molar-refractivity contribution in [3.05, 3.63) is 35.9 Å². The van der Waals surface area contributed by atoms with Gasteiger partial charge in [0.05, 0.1) is 6.54 Å². The number of hydrogen-bond acceptors (Lipinski definition) is 4. The minimum Gasteiger partial charge on any atom is -0.616 e. The van der Waals surface area contributed by atoms with Gasteiger partial charge in [0, 0.05) is 5.41 Å². The quantitative estimate of drug-likeness (QED) is 0.868. The van der Waals surface area contributed by atoms with E-state index in [1.54, 1.807) is 0 Å². The lowest BCUT2D eigenvalue weighted by molar-refractivity contribution is -0.250. The Balaban J connectivity index is 2.00. The van der Waals surface area contributed by atoms with E-state index in [2.05, 4.69) is 32.8 Å². The largest absolute Gasteiger partial charge is 0.616 e. The molecule has 0 saturated carbocycles. The average molecular weight is 297 g/mol. The molecule has 1 aromatic carbocycles. The highest BCUT2D eigenvalue weighted by Crippen LogP contribution is 2.57. The smallest absolute Gasteiger partial charge is 0.312 e. The van der Waals surface area contributed by atoms with Gasteiger partial charge in [-0.15, -0.1) is 5.09 Å². The van der Waals surface area contributed by atoms with Crippen molar-refractivity contribution in [1.29, 1.82) is 0 Å². The molecule has 1 fully saturated rings. The van der Waals surface area contributed by atoms with Crippen molar-refractivity contribution in [2.45, 2.75) is 40.3 Å². The van der Waals surface area contributed by atoms with E-state index in [0.717, 1.165) is 5.56 Å². The lowest BCUT2D eigenvalue weighted by Gasteiger charge is -2.44. The molecular weight excluding hydrogens is 273 g/mol. The molecule has 0 bridgehead atoms. The molecule has 0 spiro atoms. The summed E-state index contributed by atoms with van der Waals surface area (Å²) in [7, 11) is -3.22. The minimum atomic E-state index is -3.22. The van der Waals surface area contributed by atoms with E-state index in [9.17, 15) is 4.89 Å². The molecule has 20 heavy (non-hydrogen) atoms. The molecule has 0 amide bonds. The Morgan fingerprint density at radius 1 is 1.35 bits per heavy atom. The molecular formula is C15H24NO3P. The molecule has 1 aromatic rings. The van der Waals surface area contributed by atoms with Gasteiger partial charge < -0.3 is 4.89 Å². The lowest BCUT2D eigenvalue weighted by Crippen LogP contribution is -2.48. The summed E-state index contributed by atoms with van der Waals surface area (Å²) in [5.41, 5.74) is 0.928. The van der Waals surface area contributed by atoms with Crippen molar-refractivity contribution in [1.82, 2.24) is 5.09 Å². The second-order valence-corrected chi connectivity index (χ2v) is 8.13. The Kier molecular flexibility index (Phi) is 4.83. The van der Waals surface area contributed by atoms with Gasteiger partial charge in [-0.25, -0.2) is 0 Å². The highest BCUT2D eigenvalue weighted by molar-refractivity contribution is 7.57. The average Bonchev–Trinajstić information content (AvgIpc) is 2.41. The zero-order valence-electron chi connectivity index (χ0n) is 12.6. The topological polar surface area (TPSA) is 53.5 Å². The Labute approximate surface area is 122 Å². The van der Waals surface area contributed by atoms with Crippen molar-refractivity contribution >= 4 is 8.09 Å². The van der Waals surface area contributed by atoms with Crippen LogP contribution in [-0.2, 0) is 15.6 Å². The summed E-state index contributed by atoms with van der Waals surface area (Å²) in [5, 5.41) is 2.95. The molecule has 1 unspecified atom stereocenters. The van der Waals surface area contributed by atoms with Crippen LogP contribution in [0.15, 0.2) is 30.3 Å². The van der Waals surface area contributed by atoms with Crippen LogP contribution in [0.1, 0.15) is 33.3 Å². The van der Waals surface area contributed by atoms with Gasteiger partial charge in [0.1, 0.15) is 12.7 Å². The standard InChI is InChI=1S/C15H24NO3P/c1-12(2)14-15(3,4)11-18-20(17,19-14)16-10-13-8-6-5-7-9-13/h5-9,12,14H,10-11H2,1-4H3,(H,16,17)/t14-,20?/m1/s1. The highest BCUT2D eigenvalue weighted by atomic mass is 31.2. The van der Waals surface area contributed by atoms with Crippen molar-refractivity contribution in [3.63, 3.8) is 0 Å². The molecule has 0 aliphatic carbocycles. The van der Waals surface area contributed by atoms with Crippen molar-refractivity contribution < 1.29 is 13.9 Å². The molecule has 2 rings (SSSR count). The van der Waals surface area contributed by atoms with E-state index < -0.39 is 8.09 Å².